The van der Waals surface area contributed by atoms with E-state index in [1.807, 2.05) is 18.7 Å². The smallest absolute Gasteiger partial charge is 0.242 e. The summed E-state index contributed by atoms with van der Waals surface area (Å²) in [6.45, 7) is 9.73. The third-order valence-electron chi connectivity index (χ3n) is 4.45. The molecule has 0 bridgehead atoms. The van der Waals surface area contributed by atoms with Gasteiger partial charge in [0.2, 0.25) is 11.8 Å². The van der Waals surface area contributed by atoms with Crippen molar-refractivity contribution in [3.8, 4) is 0 Å². The Morgan fingerprint density at radius 3 is 2.44 bits per heavy atom. The summed E-state index contributed by atoms with van der Waals surface area (Å²) >= 11 is 0. The van der Waals surface area contributed by atoms with E-state index >= 15 is 0 Å². The standard InChI is InChI=1S/C16H32N4O3.2ClH/c1-5-13-11-20(7-6-19(13)8-9-23-4)14(21)10-18-16(22)15(17)12(2)3;;/h12-13,15H,5-11,17H2,1-4H3,(H,18,22);2*1H/t13?,15-;;/m0../s1. The zero-order valence-corrected chi connectivity index (χ0v) is 17.3. The lowest BCUT2D eigenvalue weighted by molar-refractivity contribution is -0.136. The molecule has 1 aliphatic heterocycles. The number of nitrogens with one attached hydrogen (secondary N) is 1. The van der Waals surface area contributed by atoms with Gasteiger partial charge in [-0.1, -0.05) is 20.8 Å². The number of nitrogens with zero attached hydrogens (tertiary/aromatic N) is 2. The molecule has 2 amide bonds. The number of carbonyl (C=O) groups excluding carboxylic acids is 2. The van der Waals surface area contributed by atoms with Gasteiger partial charge in [-0.15, -0.1) is 24.8 Å². The van der Waals surface area contributed by atoms with E-state index in [1.165, 1.54) is 0 Å². The lowest BCUT2D eigenvalue weighted by Gasteiger charge is -2.41. The largest absolute Gasteiger partial charge is 0.383 e. The Labute approximate surface area is 163 Å². The van der Waals surface area contributed by atoms with Crippen LogP contribution < -0.4 is 11.1 Å². The minimum atomic E-state index is -0.572. The maximum atomic E-state index is 12.3. The highest BCUT2D eigenvalue weighted by Crippen LogP contribution is 2.12. The van der Waals surface area contributed by atoms with Crippen LogP contribution in [0.3, 0.4) is 0 Å². The predicted molar refractivity (Wildman–Crippen MR) is 104 cm³/mol. The molecule has 150 valence electrons. The molecular formula is C16H34Cl2N4O3. The average Bonchev–Trinajstić information content (AvgIpc) is 2.56. The first-order chi connectivity index (χ1) is 10.9. The molecule has 0 spiro atoms. The van der Waals surface area contributed by atoms with Crippen molar-refractivity contribution in [3.05, 3.63) is 0 Å². The predicted octanol–water partition coefficient (Wildman–Crippen LogP) is 0.499. The summed E-state index contributed by atoms with van der Waals surface area (Å²) in [5.74, 6) is -0.253. The van der Waals surface area contributed by atoms with Gasteiger partial charge in [0.25, 0.3) is 0 Å². The molecule has 0 aromatic rings. The molecule has 0 saturated carbocycles. The van der Waals surface area contributed by atoms with Crippen LogP contribution in [-0.4, -0.2) is 80.1 Å². The van der Waals surface area contributed by atoms with Crippen LogP contribution in [0.25, 0.3) is 0 Å². The zero-order valence-electron chi connectivity index (χ0n) is 15.7. The second kappa shape index (κ2) is 13.6. The minimum Gasteiger partial charge on any atom is -0.383 e. The fourth-order valence-corrected chi connectivity index (χ4v) is 2.70. The monoisotopic (exact) mass is 400 g/mol. The normalized spacial score (nSPS) is 19.0. The first kappa shape index (κ1) is 26.6. The highest BCUT2D eigenvalue weighted by Gasteiger charge is 2.28. The quantitative estimate of drug-likeness (QED) is 0.619. The van der Waals surface area contributed by atoms with E-state index in [0.717, 1.165) is 19.5 Å². The lowest BCUT2D eigenvalue weighted by atomic mass is 10.1. The number of methoxy groups -OCH3 is 1. The van der Waals surface area contributed by atoms with Gasteiger partial charge in [-0.2, -0.15) is 0 Å². The summed E-state index contributed by atoms with van der Waals surface area (Å²) in [5.41, 5.74) is 5.78. The van der Waals surface area contributed by atoms with Crippen molar-refractivity contribution in [2.45, 2.75) is 39.3 Å². The molecule has 3 N–H and O–H groups in total. The lowest BCUT2D eigenvalue weighted by Crippen LogP contribution is -2.57. The van der Waals surface area contributed by atoms with E-state index in [9.17, 15) is 9.59 Å². The van der Waals surface area contributed by atoms with Gasteiger partial charge in [0.1, 0.15) is 0 Å². The van der Waals surface area contributed by atoms with E-state index in [0.29, 0.717) is 25.7 Å². The van der Waals surface area contributed by atoms with Crippen molar-refractivity contribution in [2.24, 2.45) is 11.7 Å². The molecule has 1 heterocycles. The first-order valence-electron chi connectivity index (χ1n) is 8.44. The molecular weight excluding hydrogens is 367 g/mol. The molecule has 9 heteroatoms. The van der Waals surface area contributed by atoms with Gasteiger partial charge >= 0.3 is 0 Å². The van der Waals surface area contributed by atoms with Crippen molar-refractivity contribution < 1.29 is 14.3 Å². The Morgan fingerprint density at radius 1 is 1.28 bits per heavy atom. The Balaban J connectivity index is 0. The van der Waals surface area contributed by atoms with Gasteiger partial charge in [-0.05, 0) is 12.3 Å². The van der Waals surface area contributed by atoms with Crippen LogP contribution in [0.2, 0.25) is 0 Å². The van der Waals surface area contributed by atoms with Crippen LogP contribution in [-0.2, 0) is 14.3 Å². The van der Waals surface area contributed by atoms with Gasteiger partial charge in [0.05, 0.1) is 19.2 Å². The number of rotatable bonds is 8. The van der Waals surface area contributed by atoms with E-state index in [-0.39, 0.29) is 49.1 Å². The van der Waals surface area contributed by atoms with E-state index < -0.39 is 6.04 Å². The van der Waals surface area contributed by atoms with Gasteiger partial charge < -0.3 is 20.7 Å². The molecule has 0 aliphatic carbocycles. The van der Waals surface area contributed by atoms with Crippen LogP contribution >= 0.6 is 24.8 Å². The molecule has 0 radical (unpaired) electrons. The van der Waals surface area contributed by atoms with E-state index in [4.69, 9.17) is 10.5 Å². The highest BCUT2D eigenvalue weighted by atomic mass is 35.5. The summed E-state index contributed by atoms with van der Waals surface area (Å²) in [5, 5.41) is 2.65. The maximum Gasteiger partial charge on any atom is 0.242 e. The summed E-state index contributed by atoms with van der Waals surface area (Å²) in [6, 6.07) is -0.228. The van der Waals surface area contributed by atoms with Gasteiger partial charge in [-0.3, -0.25) is 14.5 Å². The van der Waals surface area contributed by atoms with E-state index in [2.05, 4.69) is 17.1 Å². The fraction of sp³-hybridized carbons (Fsp3) is 0.875. The van der Waals surface area contributed by atoms with Crippen LogP contribution in [0.5, 0.6) is 0 Å². The van der Waals surface area contributed by atoms with Crippen molar-refractivity contribution in [1.29, 1.82) is 0 Å². The molecule has 1 aliphatic rings. The summed E-state index contributed by atoms with van der Waals surface area (Å²) < 4.78 is 5.14. The van der Waals surface area contributed by atoms with Gasteiger partial charge in [-0.25, -0.2) is 0 Å². The maximum absolute atomic E-state index is 12.3. The number of hydrogen-bond donors (Lipinski definition) is 2. The number of piperazine rings is 1. The summed E-state index contributed by atoms with van der Waals surface area (Å²) in [7, 11) is 1.70. The molecule has 1 fully saturated rings. The number of amides is 2. The second-order valence-corrected chi connectivity index (χ2v) is 6.42. The SMILES string of the molecule is CCC1CN(C(=O)CNC(=O)[C@@H](N)C(C)C)CCN1CCOC.Cl.Cl. The molecule has 2 atom stereocenters. The van der Waals surface area contributed by atoms with E-state index in [1.54, 1.807) is 7.11 Å². The Kier molecular flexibility index (Phi) is 14.5. The fourth-order valence-electron chi connectivity index (χ4n) is 2.70. The van der Waals surface area contributed by atoms with Crippen LogP contribution in [0.1, 0.15) is 27.2 Å². The van der Waals surface area contributed by atoms with Crippen molar-refractivity contribution >= 4 is 36.6 Å². The van der Waals surface area contributed by atoms with Crippen LogP contribution in [0.4, 0.5) is 0 Å². The molecule has 1 saturated heterocycles. The van der Waals surface area contributed by atoms with Gasteiger partial charge in [0, 0.05) is 39.3 Å². The summed E-state index contributed by atoms with van der Waals surface area (Å²) in [6.07, 6.45) is 0.984. The second-order valence-electron chi connectivity index (χ2n) is 6.42. The first-order valence-corrected chi connectivity index (χ1v) is 8.44. The van der Waals surface area contributed by atoms with Crippen molar-refractivity contribution in [1.82, 2.24) is 15.1 Å². The topological polar surface area (TPSA) is 87.9 Å². The Hall–Kier alpha value is -0.600. The van der Waals surface area contributed by atoms with Crippen molar-refractivity contribution in [3.63, 3.8) is 0 Å². The zero-order chi connectivity index (χ0) is 17.4. The number of hydrogen-bond acceptors (Lipinski definition) is 5. The molecule has 25 heavy (non-hydrogen) atoms. The number of ether oxygens (including phenoxy) is 1. The Morgan fingerprint density at radius 2 is 1.92 bits per heavy atom. The van der Waals surface area contributed by atoms with Crippen LogP contribution in [0, 0.1) is 5.92 Å². The third kappa shape index (κ3) is 8.55. The molecule has 1 unspecified atom stereocenters. The molecule has 0 aromatic heterocycles. The third-order valence-corrected chi connectivity index (χ3v) is 4.45. The van der Waals surface area contributed by atoms with Crippen LogP contribution in [0.15, 0.2) is 0 Å². The highest BCUT2D eigenvalue weighted by molar-refractivity contribution is 5.87. The number of nitrogens with two attached hydrogens (primary N) is 1. The molecule has 0 aromatic carbocycles. The minimum absolute atomic E-state index is 0. The van der Waals surface area contributed by atoms with Gasteiger partial charge in [0.15, 0.2) is 0 Å². The molecule has 7 nitrogen and oxygen atoms in total. The summed E-state index contributed by atoms with van der Waals surface area (Å²) in [4.78, 5) is 28.3. The average molecular weight is 401 g/mol. The number of carbonyl (C=O) groups is 2. The Bertz CT molecular complexity index is 400. The number of halogens is 2. The molecule has 1 rings (SSSR count). The van der Waals surface area contributed by atoms with Crippen molar-refractivity contribution in [2.75, 3.05) is 46.4 Å².